The van der Waals surface area contributed by atoms with Crippen molar-refractivity contribution in [2.75, 3.05) is 19.6 Å². The van der Waals surface area contributed by atoms with E-state index in [1.54, 1.807) is 11.3 Å². The number of hydrogen-bond acceptors (Lipinski definition) is 4. The number of ether oxygens (including phenoxy) is 1. The third kappa shape index (κ3) is 3.52. The molecule has 0 bridgehead atoms. The van der Waals surface area contributed by atoms with Gasteiger partial charge in [-0.3, -0.25) is 4.90 Å². The summed E-state index contributed by atoms with van der Waals surface area (Å²) in [6, 6.07) is 4.42. The molecule has 1 aliphatic rings. The van der Waals surface area contributed by atoms with E-state index in [0.29, 0.717) is 12.2 Å². The number of nitrogens with two attached hydrogens (primary N) is 1. The molecule has 1 aliphatic heterocycles. The highest BCUT2D eigenvalue weighted by atomic mass is 32.1. The SMILES string of the molecule is Cc1ccc(C(N)CN2CC(C)OC(C)C2)s1. The smallest absolute Gasteiger partial charge is 0.0678 e. The van der Waals surface area contributed by atoms with Crippen molar-refractivity contribution in [3.05, 3.63) is 21.9 Å². The minimum atomic E-state index is 0.131. The molecule has 2 rings (SSSR count). The summed E-state index contributed by atoms with van der Waals surface area (Å²) in [6.07, 6.45) is 0.632. The van der Waals surface area contributed by atoms with Crippen molar-refractivity contribution in [2.24, 2.45) is 5.73 Å². The van der Waals surface area contributed by atoms with Gasteiger partial charge >= 0.3 is 0 Å². The first-order chi connectivity index (χ1) is 8.04. The van der Waals surface area contributed by atoms with E-state index in [-0.39, 0.29) is 6.04 Å². The Labute approximate surface area is 108 Å². The first-order valence-electron chi connectivity index (χ1n) is 6.24. The van der Waals surface area contributed by atoms with Crippen LogP contribution in [0.1, 0.15) is 29.6 Å². The predicted octanol–water partition coefficient (Wildman–Crippen LogP) is 2.17. The maximum Gasteiger partial charge on any atom is 0.0678 e. The summed E-state index contributed by atoms with van der Waals surface area (Å²) >= 11 is 1.80. The molecule has 1 fully saturated rings. The van der Waals surface area contributed by atoms with E-state index < -0.39 is 0 Å². The highest BCUT2D eigenvalue weighted by Gasteiger charge is 2.24. The second kappa shape index (κ2) is 5.48. The molecular formula is C13H22N2OS. The van der Waals surface area contributed by atoms with Gasteiger partial charge in [0.1, 0.15) is 0 Å². The summed E-state index contributed by atoms with van der Waals surface area (Å²) in [7, 11) is 0. The van der Waals surface area contributed by atoms with E-state index >= 15 is 0 Å². The van der Waals surface area contributed by atoms with Gasteiger partial charge in [0.05, 0.1) is 18.2 Å². The Balaban J connectivity index is 1.92. The number of thiophene rings is 1. The Kier molecular flexibility index (Phi) is 4.20. The molecule has 0 aliphatic carbocycles. The van der Waals surface area contributed by atoms with Crippen LogP contribution < -0.4 is 5.73 Å². The largest absolute Gasteiger partial charge is 0.373 e. The van der Waals surface area contributed by atoms with Gasteiger partial charge in [-0.05, 0) is 32.9 Å². The van der Waals surface area contributed by atoms with Crippen LogP contribution in [0.25, 0.3) is 0 Å². The minimum absolute atomic E-state index is 0.131. The van der Waals surface area contributed by atoms with Gasteiger partial charge in [-0.25, -0.2) is 0 Å². The number of rotatable bonds is 3. The molecule has 2 N–H and O–H groups in total. The topological polar surface area (TPSA) is 38.5 Å². The van der Waals surface area contributed by atoms with Crippen molar-refractivity contribution in [3.63, 3.8) is 0 Å². The van der Waals surface area contributed by atoms with Crippen LogP contribution in [0.3, 0.4) is 0 Å². The standard InChI is InChI=1S/C13H22N2OS/c1-9-6-15(7-10(2)16-9)8-12(14)13-5-4-11(3)17-13/h4-5,9-10,12H,6-8,14H2,1-3H3. The second-order valence-corrected chi connectivity index (χ2v) is 6.35. The van der Waals surface area contributed by atoms with Gasteiger partial charge in [0.2, 0.25) is 0 Å². The molecule has 2 heterocycles. The first-order valence-corrected chi connectivity index (χ1v) is 7.06. The number of hydrogen-bond donors (Lipinski definition) is 1. The predicted molar refractivity (Wildman–Crippen MR) is 72.4 cm³/mol. The summed E-state index contributed by atoms with van der Waals surface area (Å²) in [5.74, 6) is 0. The van der Waals surface area contributed by atoms with Gasteiger partial charge in [0.25, 0.3) is 0 Å². The van der Waals surface area contributed by atoms with Crippen LogP contribution >= 0.6 is 11.3 Å². The monoisotopic (exact) mass is 254 g/mol. The Morgan fingerprint density at radius 2 is 2.06 bits per heavy atom. The lowest BCUT2D eigenvalue weighted by atomic mass is 10.2. The molecule has 1 aromatic heterocycles. The van der Waals surface area contributed by atoms with Crippen molar-refractivity contribution >= 4 is 11.3 Å². The molecule has 96 valence electrons. The highest BCUT2D eigenvalue weighted by molar-refractivity contribution is 7.12. The van der Waals surface area contributed by atoms with Crippen molar-refractivity contribution in [2.45, 2.75) is 39.0 Å². The van der Waals surface area contributed by atoms with Crippen LogP contribution in [0.4, 0.5) is 0 Å². The molecule has 3 nitrogen and oxygen atoms in total. The van der Waals surface area contributed by atoms with Gasteiger partial charge in [-0.15, -0.1) is 11.3 Å². The van der Waals surface area contributed by atoms with Crippen LogP contribution in [0, 0.1) is 6.92 Å². The third-order valence-electron chi connectivity index (χ3n) is 3.08. The zero-order valence-electron chi connectivity index (χ0n) is 10.8. The van der Waals surface area contributed by atoms with Crippen LogP contribution in [-0.4, -0.2) is 36.7 Å². The highest BCUT2D eigenvalue weighted by Crippen LogP contribution is 2.23. The number of aryl methyl sites for hydroxylation is 1. The fourth-order valence-electron chi connectivity index (χ4n) is 2.45. The molecule has 0 aromatic carbocycles. The fraction of sp³-hybridized carbons (Fsp3) is 0.692. The molecule has 1 aromatic rings. The van der Waals surface area contributed by atoms with Gasteiger partial charge in [0.15, 0.2) is 0 Å². The maximum absolute atomic E-state index is 6.26. The van der Waals surface area contributed by atoms with Crippen LogP contribution in [0.15, 0.2) is 12.1 Å². The number of nitrogens with zero attached hydrogens (tertiary/aromatic N) is 1. The van der Waals surface area contributed by atoms with E-state index in [1.165, 1.54) is 9.75 Å². The van der Waals surface area contributed by atoms with E-state index in [4.69, 9.17) is 10.5 Å². The van der Waals surface area contributed by atoms with Crippen molar-refractivity contribution in [3.8, 4) is 0 Å². The molecular weight excluding hydrogens is 232 g/mol. The fourth-order valence-corrected chi connectivity index (χ4v) is 3.32. The molecule has 4 heteroatoms. The summed E-state index contributed by atoms with van der Waals surface area (Å²) in [4.78, 5) is 5.03. The van der Waals surface area contributed by atoms with Crippen LogP contribution in [0.2, 0.25) is 0 Å². The van der Waals surface area contributed by atoms with Crippen LogP contribution in [0.5, 0.6) is 0 Å². The van der Waals surface area contributed by atoms with E-state index in [0.717, 1.165) is 19.6 Å². The Morgan fingerprint density at radius 1 is 1.41 bits per heavy atom. The Hall–Kier alpha value is -0.420. The minimum Gasteiger partial charge on any atom is -0.373 e. The summed E-state index contributed by atoms with van der Waals surface area (Å²) in [5.41, 5.74) is 6.26. The molecule has 0 spiro atoms. The molecule has 0 radical (unpaired) electrons. The van der Waals surface area contributed by atoms with Gasteiger partial charge in [0, 0.05) is 29.4 Å². The maximum atomic E-state index is 6.26. The first kappa shape index (κ1) is 13.0. The lowest BCUT2D eigenvalue weighted by Crippen LogP contribution is -2.47. The lowest BCUT2D eigenvalue weighted by molar-refractivity contribution is -0.0691. The quantitative estimate of drug-likeness (QED) is 0.898. The zero-order valence-corrected chi connectivity index (χ0v) is 11.7. The average molecular weight is 254 g/mol. The summed E-state index contributed by atoms with van der Waals surface area (Å²) in [5, 5.41) is 0. The zero-order chi connectivity index (χ0) is 12.4. The normalized spacial score (nSPS) is 28.2. The molecule has 17 heavy (non-hydrogen) atoms. The van der Waals surface area contributed by atoms with Gasteiger partial charge in [-0.1, -0.05) is 0 Å². The van der Waals surface area contributed by atoms with E-state index in [9.17, 15) is 0 Å². The summed E-state index contributed by atoms with van der Waals surface area (Å²) in [6.45, 7) is 9.29. The van der Waals surface area contributed by atoms with Crippen molar-refractivity contribution in [1.82, 2.24) is 4.90 Å². The van der Waals surface area contributed by atoms with Crippen LogP contribution in [-0.2, 0) is 4.74 Å². The third-order valence-corrected chi connectivity index (χ3v) is 4.21. The molecule has 1 saturated heterocycles. The Morgan fingerprint density at radius 3 is 2.59 bits per heavy atom. The van der Waals surface area contributed by atoms with Gasteiger partial charge < -0.3 is 10.5 Å². The Bertz CT molecular complexity index is 356. The average Bonchev–Trinajstić information content (AvgIpc) is 2.63. The molecule has 0 saturated carbocycles. The molecule has 3 unspecified atom stereocenters. The van der Waals surface area contributed by atoms with Gasteiger partial charge in [-0.2, -0.15) is 0 Å². The number of morpholine rings is 1. The molecule has 3 atom stereocenters. The second-order valence-electron chi connectivity index (χ2n) is 5.03. The molecule has 0 amide bonds. The van der Waals surface area contributed by atoms with Crippen molar-refractivity contribution in [1.29, 1.82) is 0 Å². The van der Waals surface area contributed by atoms with E-state index in [1.807, 2.05) is 0 Å². The van der Waals surface area contributed by atoms with E-state index in [2.05, 4.69) is 37.8 Å². The lowest BCUT2D eigenvalue weighted by Gasteiger charge is -2.36. The van der Waals surface area contributed by atoms with Crippen molar-refractivity contribution < 1.29 is 4.74 Å². The summed E-state index contributed by atoms with van der Waals surface area (Å²) < 4.78 is 5.73.